The molecule has 0 aromatic heterocycles. The van der Waals surface area contributed by atoms with E-state index < -0.39 is 0 Å². The third kappa shape index (κ3) is 2.84. The van der Waals surface area contributed by atoms with Crippen molar-refractivity contribution in [3.8, 4) is 0 Å². The summed E-state index contributed by atoms with van der Waals surface area (Å²) in [4.78, 5) is 13.7. The van der Waals surface area contributed by atoms with Gasteiger partial charge in [0, 0.05) is 22.7 Å². The largest absolute Gasteiger partial charge is 0.333 e. The minimum Gasteiger partial charge on any atom is -0.333 e. The third-order valence-electron chi connectivity index (χ3n) is 3.17. The summed E-state index contributed by atoms with van der Waals surface area (Å²) in [6, 6.07) is 6.21. The Morgan fingerprint density at radius 1 is 1.56 bits per heavy atom. The molecular formula is C13H18BrN3O. The van der Waals surface area contributed by atoms with Crippen LogP contribution in [0, 0.1) is 6.92 Å². The molecule has 1 atom stereocenters. The predicted molar refractivity (Wildman–Crippen MR) is 77.1 cm³/mol. The van der Waals surface area contributed by atoms with Gasteiger partial charge in [-0.25, -0.2) is 4.79 Å². The molecule has 0 radical (unpaired) electrons. The molecule has 4 nitrogen and oxygen atoms in total. The average molecular weight is 312 g/mol. The standard InChI is InChI=1S/C13H18BrN3O/c1-9-7-11(3-4-12(9)14)17-8-10(5-6-15-2)16-13(17)18/h3-4,7,10,15H,5-6,8H2,1-2H3,(H,16,18). The van der Waals surface area contributed by atoms with Crippen LogP contribution in [0.15, 0.2) is 22.7 Å². The van der Waals surface area contributed by atoms with Crippen LogP contribution < -0.4 is 15.5 Å². The van der Waals surface area contributed by atoms with Crippen LogP contribution in [-0.2, 0) is 0 Å². The highest BCUT2D eigenvalue weighted by atomic mass is 79.9. The maximum Gasteiger partial charge on any atom is 0.322 e. The van der Waals surface area contributed by atoms with Crippen LogP contribution in [-0.4, -0.2) is 32.2 Å². The molecule has 1 aromatic carbocycles. The number of hydrogen-bond acceptors (Lipinski definition) is 2. The number of halogens is 1. The van der Waals surface area contributed by atoms with Crippen molar-refractivity contribution in [2.75, 3.05) is 25.0 Å². The Hall–Kier alpha value is -1.07. The molecule has 0 aliphatic carbocycles. The molecule has 0 spiro atoms. The molecule has 1 heterocycles. The molecule has 1 aliphatic rings. The fourth-order valence-electron chi connectivity index (χ4n) is 2.10. The number of anilines is 1. The number of urea groups is 1. The van der Waals surface area contributed by atoms with Crippen molar-refractivity contribution in [1.29, 1.82) is 0 Å². The lowest BCUT2D eigenvalue weighted by atomic mass is 10.2. The lowest BCUT2D eigenvalue weighted by molar-refractivity contribution is 0.250. The van der Waals surface area contributed by atoms with E-state index in [1.165, 1.54) is 0 Å². The van der Waals surface area contributed by atoms with Gasteiger partial charge in [0.25, 0.3) is 0 Å². The number of nitrogens with one attached hydrogen (secondary N) is 2. The van der Waals surface area contributed by atoms with E-state index in [0.29, 0.717) is 0 Å². The van der Waals surface area contributed by atoms with E-state index in [1.807, 2.05) is 32.2 Å². The summed E-state index contributed by atoms with van der Waals surface area (Å²) in [5.41, 5.74) is 2.10. The summed E-state index contributed by atoms with van der Waals surface area (Å²) in [6.45, 7) is 3.68. The van der Waals surface area contributed by atoms with Gasteiger partial charge in [0.15, 0.2) is 0 Å². The van der Waals surface area contributed by atoms with Crippen LogP contribution in [0.25, 0.3) is 0 Å². The Bertz CT molecular complexity index is 450. The summed E-state index contributed by atoms with van der Waals surface area (Å²) in [5.74, 6) is 0. The molecule has 1 aliphatic heterocycles. The zero-order valence-corrected chi connectivity index (χ0v) is 12.3. The Morgan fingerprint density at radius 3 is 3.00 bits per heavy atom. The molecule has 5 heteroatoms. The van der Waals surface area contributed by atoms with Gasteiger partial charge in [-0.15, -0.1) is 0 Å². The Labute approximate surface area is 116 Å². The fourth-order valence-corrected chi connectivity index (χ4v) is 2.35. The van der Waals surface area contributed by atoms with Crippen LogP contribution in [0.3, 0.4) is 0 Å². The van der Waals surface area contributed by atoms with Crippen LogP contribution >= 0.6 is 15.9 Å². The van der Waals surface area contributed by atoms with E-state index >= 15 is 0 Å². The maximum absolute atomic E-state index is 11.9. The lowest BCUT2D eigenvalue weighted by Crippen LogP contribution is -2.29. The van der Waals surface area contributed by atoms with Gasteiger partial charge >= 0.3 is 6.03 Å². The SMILES string of the molecule is CNCCC1CN(c2ccc(Br)c(C)c2)C(=O)N1. The summed E-state index contributed by atoms with van der Waals surface area (Å²) < 4.78 is 1.07. The number of aryl methyl sites for hydroxylation is 1. The first-order chi connectivity index (χ1) is 8.61. The van der Waals surface area contributed by atoms with Gasteiger partial charge in [0.2, 0.25) is 0 Å². The number of carbonyl (C=O) groups excluding carboxylic acids is 1. The number of benzene rings is 1. The molecule has 98 valence electrons. The summed E-state index contributed by atoms with van der Waals surface area (Å²) >= 11 is 3.47. The van der Waals surface area contributed by atoms with E-state index in [0.717, 1.165) is 35.2 Å². The van der Waals surface area contributed by atoms with Gasteiger partial charge in [0.1, 0.15) is 0 Å². The minimum absolute atomic E-state index is 0.00201. The van der Waals surface area contributed by atoms with E-state index in [9.17, 15) is 4.79 Å². The van der Waals surface area contributed by atoms with E-state index in [2.05, 4.69) is 26.6 Å². The quantitative estimate of drug-likeness (QED) is 0.896. The number of nitrogens with zero attached hydrogens (tertiary/aromatic N) is 1. The first kappa shape index (κ1) is 13.4. The molecule has 1 fully saturated rings. The monoisotopic (exact) mass is 311 g/mol. The molecule has 1 saturated heterocycles. The normalized spacial score (nSPS) is 19.2. The van der Waals surface area contributed by atoms with Crippen molar-refractivity contribution in [3.05, 3.63) is 28.2 Å². The van der Waals surface area contributed by atoms with E-state index in [1.54, 1.807) is 4.90 Å². The zero-order chi connectivity index (χ0) is 13.1. The molecule has 0 saturated carbocycles. The molecule has 1 unspecified atom stereocenters. The van der Waals surface area contributed by atoms with Crippen molar-refractivity contribution in [3.63, 3.8) is 0 Å². The molecule has 18 heavy (non-hydrogen) atoms. The van der Waals surface area contributed by atoms with Gasteiger partial charge in [-0.2, -0.15) is 0 Å². The smallest absolute Gasteiger partial charge is 0.322 e. The lowest BCUT2D eigenvalue weighted by Gasteiger charge is -2.16. The molecule has 2 rings (SSSR count). The van der Waals surface area contributed by atoms with Crippen molar-refractivity contribution in [2.45, 2.75) is 19.4 Å². The Kier molecular flexibility index (Phi) is 4.24. The maximum atomic E-state index is 11.9. The minimum atomic E-state index is -0.00201. The Balaban J connectivity index is 2.09. The summed E-state index contributed by atoms with van der Waals surface area (Å²) in [6.07, 6.45) is 0.953. The number of hydrogen-bond donors (Lipinski definition) is 2. The number of carbonyl (C=O) groups is 1. The van der Waals surface area contributed by atoms with Crippen LogP contribution in [0.4, 0.5) is 10.5 Å². The summed E-state index contributed by atoms with van der Waals surface area (Å²) in [5, 5.41) is 6.11. The Morgan fingerprint density at radius 2 is 2.33 bits per heavy atom. The number of rotatable bonds is 4. The van der Waals surface area contributed by atoms with Gasteiger partial charge < -0.3 is 10.6 Å². The van der Waals surface area contributed by atoms with Crippen molar-refractivity contribution in [2.24, 2.45) is 0 Å². The number of amides is 2. The van der Waals surface area contributed by atoms with Crippen molar-refractivity contribution >= 4 is 27.6 Å². The molecule has 0 bridgehead atoms. The van der Waals surface area contributed by atoms with E-state index in [4.69, 9.17) is 0 Å². The second-order valence-electron chi connectivity index (χ2n) is 4.58. The van der Waals surface area contributed by atoms with Crippen LogP contribution in [0.1, 0.15) is 12.0 Å². The second kappa shape index (κ2) is 5.71. The van der Waals surface area contributed by atoms with Gasteiger partial charge in [-0.05, 0) is 50.7 Å². The average Bonchev–Trinajstić information content (AvgIpc) is 2.71. The van der Waals surface area contributed by atoms with Gasteiger partial charge in [-0.1, -0.05) is 15.9 Å². The molecule has 2 N–H and O–H groups in total. The fraction of sp³-hybridized carbons (Fsp3) is 0.462. The highest BCUT2D eigenvalue weighted by Crippen LogP contribution is 2.25. The highest BCUT2D eigenvalue weighted by molar-refractivity contribution is 9.10. The van der Waals surface area contributed by atoms with Gasteiger partial charge in [0.05, 0.1) is 0 Å². The van der Waals surface area contributed by atoms with Crippen LogP contribution in [0.5, 0.6) is 0 Å². The summed E-state index contributed by atoms with van der Waals surface area (Å²) in [7, 11) is 1.92. The van der Waals surface area contributed by atoms with Crippen molar-refractivity contribution in [1.82, 2.24) is 10.6 Å². The van der Waals surface area contributed by atoms with Crippen molar-refractivity contribution < 1.29 is 4.79 Å². The second-order valence-corrected chi connectivity index (χ2v) is 5.44. The molecule has 1 aromatic rings. The van der Waals surface area contributed by atoms with Crippen LogP contribution in [0.2, 0.25) is 0 Å². The zero-order valence-electron chi connectivity index (χ0n) is 10.7. The highest BCUT2D eigenvalue weighted by Gasteiger charge is 2.29. The first-order valence-electron chi connectivity index (χ1n) is 6.10. The molecular weight excluding hydrogens is 294 g/mol. The first-order valence-corrected chi connectivity index (χ1v) is 6.90. The topological polar surface area (TPSA) is 44.4 Å². The van der Waals surface area contributed by atoms with Gasteiger partial charge in [-0.3, -0.25) is 4.90 Å². The molecule has 2 amide bonds. The van der Waals surface area contributed by atoms with E-state index in [-0.39, 0.29) is 12.1 Å². The third-order valence-corrected chi connectivity index (χ3v) is 4.06. The predicted octanol–water partition coefficient (Wildman–Crippen LogP) is 2.27.